The van der Waals surface area contributed by atoms with E-state index in [9.17, 15) is 9.59 Å². The summed E-state index contributed by atoms with van der Waals surface area (Å²) in [6.07, 6.45) is 6.86. The lowest BCUT2D eigenvalue weighted by Gasteiger charge is -2.28. The predicted octanol–water partition coefficient (Wildman–Crippen LogP) is 3.46. The van der Waals surface area contributed by atoms with Gasteiger partial charge in [-0.3, -0.25) is 4.79 Å². The molecule has 1 saturated carbocycles. The molecule has 1 fully saturated rings. The van der Waals surface area contributed by atoms with Crippen LogP contribution in [0.4, 0.5) is 0 Å². The van der Waals surface area contributed by atoms with Gasteiger partial charge in [0.1, 0.15) is 0 Å². The van der Waals surface area contributed by atoms with Crippen LogP contribution in [0.25, 0.3) is 0 Å². The molecule has 1 atom stereocenters. The molecule has 0 aliphatic heterocycles. The van der Waals surface area contributed by atoms with E-state index in [1.807, 2.05) is 6.07 Å². The van der Waals surface area contributed by atoms with Crippen LogP contribution in [0.1, 0.15) is 73.0 Å². The number of rotatable bonds is 4. The predicted molar refractivity (Wildman–Crippen MR) is 83.8 cm³/mol. The van der Waals surface area contributed by atoms with E-state index in [1.54, 1.807) is 12.1 Å². The molecule has 0 unspecified atom stereocenters. The van der Waals surface area contributed by atoms with E-state index in [0.29, 0.717) is 5.56 Å². The van der Waals surface area contributed by atoms with Crippen LogP contribution in [0.2, 0.25) is 0 Å². The summed E-state index contributed by atoms with van der Waals surface area (Å²) in [5, 5.41) is 12.4. The topological polar surface area (TPSA) is 66.4 Å². The highest BCUT2D eigenvalue weighted by Crippen LogP contribution is 2.42. The molecule has 0 heterocycles. The second-order valence-electron chi connectivity index (χ2n) is 6.62. The molecule has 0 bridgehead atoms. The number of aryl methyl sites for hydroxylation is 1. The molecule has 4 nitrogen and oxygen atoms in total. The van der Waals surface area contributed by atoms with Crippen LogP contribution in [0.5, 0.6) is 0 Å². The fourth-order valence-electron chi connectivity index (χ4n) is 3.99. The van der Waals surface area contributed by atoms with Crippen LogP contribution in [0, 0.1) is 5.41 Å². The summed E-state index contributed by atoms with van der Waals surface area (Å²) in [5.41, 5.74) is 2.24. The van der Waals surface area contributed by atoms with Crippen molar-refractivity contribution in [2.24, 2.45) is 5.41 Å². The standard InChI is InChI=1S/C18H23NO3/c1-2-18(9-3-4-10-18)17(22)19-15-8-7-12-5-6-13(16(20)21)11-14(12)15/h5-6,11,15H,2-4,7-10H2,1H3,(H,19,22)(H,20,21)/t15-/m1/s1. The van der Waals surface area contributed by atoms with Crippen molar-refractivity contribution in [1.29, 1.82) is 0 Å². The van der Waals surface area contributed by atoms with Crippen LogP contribution >= 0.6 is 0 Å². The maximum atomic E-state index is 12.8. The highest BCUT2D eigenvalue weighted by atomic mass is 16.4. The molecule has 3 rings (SSSR count). The molecule has 4 heteroatoms. The lowest BCUT2D eigenvalue weighted by molar-refractivity contribution is -0.131. The van der Waals surface area contributed by atoms with Gasteiger partial charge in [0.15, 0.2) is 0 Å². The average Bonchev–Trinajstić information content (AvgIpc) is 3.14. The lowest BCUT2D eigenvalue weighted by atomic mass is 9.82. The van der Waals surface area contributed by atoms with Crippen molar-refractivity contribution in [3.63, 3.8) is 0 Å². The summed E-state index contributed by atoms with van der Waals surface area (Å²) in [4.78, 5) is 23.9. The van der Waals surface area contributed by atoms with Gasteiger partial charge in [-0.1, -0.05) is 25.8 Å². The van der Waals surface area contributed by atoms with Gasteiger partial charge in [-0.15, -0.1) is 0 Å². The van der Waals surface area contributed by atoms with E-state index >= 15 is 0 Å². The monoisotopic (exact) mass is 301 g/mol. The van der Waals surface area contributed by atoms with E-state index in [-0.39, 0.29) is 17.4 Å². The van der Waals surface area contributed by atoms with Crippen molar-refractivity contribution >= 4 is 11.9 Å². The number of hydrogen-bond donors (Lipinski definition) is 2. The maximum Gasteiger partial charge on any atom is 0.335 e. The molecule has 1 aromatic rings. The van der Waals surface area contributed by atoms with E-state index in [1.165, 1.54) is 0 Å². The largest absolute Gasteiger partial charge is 0.478 e. The van der Waals surface area contributed by atoms with Crippen LogP contribution < -0.4 is 5.32 Å². The molecule has 0 radical (unpaired) electrons. The minimum absolute atomic E-state index is 0.0363. The number of amides is 1. The summed E-state index contributed by atoms with van der Waals surface area (Å²) >= 11 is 0. The number of fused-ring (bicyclic) bond motifs is 1. The highest BCUT2D eigenvalue weighted by Gasteiger charge is 2.40. The first kappa shape index (κ1) is 15.1. The number of carbonyl (C=O) groups is 2. The van der Waals surface area contributed by atoms with Gasteiger partial charge in [-0.05, 0) is 55.4 Å². The first-order valence-electron chi connectivity index (χ1n) is 8.23. The van der Waals surface area contributed by atoms with Crippen LogP contribution in [0.3, 0.4) is 0 Å². The van der Waals surface area contributed by atoms with Crippen molar-refractivity contribution in [3.05, 3.63) is 34.9 Å². The number of carboxylic acid groups (broad SMARTS) is 1. The minimum atomic E-state index is -0.916. The van der Waals surface area contributed by atoms with Crippen molar-refractivity contribution in [1.82, 2.24) is 5.32 Å². The number of hydrogen-bond acceptors (Lipinski definition) is 2. The summed E-state index contributed by atoms with van der Waals surface area (Å²) in [6, 6.07) is 5.22. The Morgan fingerprint density at radius 3 is 2.68 bits per heavy atom. The van der Waals surface area contributed by atoms with Gasteiger partial charge >= 0.3 is 5.97 Å². The number of benzene rings is 1. The molecule has 2 aliphatic carbocycles. The van der Waals surface area contributed by atoms with Gasteiger partial charge < -0.3 is 10.4 Å². The minimum Gasteiger partial charge on any atom is -0.478 e. The van der Waals surface area contributed by atoms with Crippen LogP contribution in [-0.4, -0.2) is 17.0 Å². The number of carbonyl (C=O) groups excluding carboxylic acids is 1. The van der Waals surface area contributed by atoms with E-state index in [4.69, 9.17) is 5.11 Å². The van der Waals surface area contributed by atoms with Crippen LogP contribution in [-0.2, 0) is 11.2 Å². The highest BCUT2D eigenvalue weighted by molar-refractivity contribution is 5.88. The van der Waals surface area contributed by atoms with E-state index in [2.05, 4.69) is 12.2 Å². The molecule has 0 aromatic heterocycles. The van der Waals surface area contributed by atoms with Crippen molar-refractivity contribution in [2.45, 2.75) is 57.9 Å². The normalized spacial score (nSPS) is 22.3. The van der Waals surface area contributed by atoms with Gasteiger partial charge in [0.2, 0.25) is 5.91 Å². The molecule has 0 spiro atoms. The molecule has 1 amide bonds. The maximum absolute atomic E-state index is 12.8. The fraction of sp³-hybridized carbons (Fsp3) is 0.556. The Bertz CT molecular complexity index is 602. The summed E-state index contributed by atoms with van der Waals surface area (Å²) in [5.74, 6) is -0.758. The third-order valence-electron chi connectivity index (χ3n) is 5.50. The molecule has 22 heavy (non-hydrogen) atoms. The Kier molecular flexibility index (Phi) is 3.94. The van der Waals surface area contributed by atoms with Gasteiger partial charge in [-0.2, -0.15) is 0 Å². The van der Waals surface area contributed by atoms with Crippen molar-refractivity contribution in [2.75, 3.05) is 0 Å². The zero-order chi connectivity index (χ0) is 15.7. The zero-order valence-electron chi connectivity index (χ0n) is 13.0. The molecule has 0 saturated heterocycles. The smallest absolute Gasteiger partial charge is 0.335 e. The molecule has 1 aromatic carbocycles. The quantitative estimate of drug-likeness (QED) is 0.895. The Labute approximate surface area is 130 Å². The van der Waals surface area contributed by atoms with Gasteiger partial charge in [0.05, 0.1) is 11.6 Å². The Hall–Kier alpha value is -1.84. The second kappa shape index (κ2) is 5.75. The summed E-state index contributed by atoms with van der Waals surface area (Å²) < 4.78 is 0. The molecular weight excluding hydrogens is 278 g/mol. The number of nitrogens with one attached hydrogen (secondary N) is 1. The zero-order valence-corrected chi connectivity index (χ0v) is 13.0. The lowest BCUT2D eigenvalue weighted by Crippen LogP contribution is -2.40. The molecule has 2 aliphatic rings. The first-order valence-corrected chi connectivity index (χ1v) is 8.23. The van der Waals surface area contributed by atoms with E-state index in [0.717, 1.165) is 56.1 Å². The van der Waals surface area contributed by atoms with Crippen LogP contribution in [0.15, 0.2) is 18.2 Å². The third kappa shape index (κ3) is 2.51. The molecular formula is C18H23NO3. The first-order chi connectivity index (χ1) is 10.6. The van der Waals surface area contributed by atoms with Gasteiger partial charge in [0.25, 0.3) is 0 Å². The molecule has 2 N–H and O–H groups in total. The van der Waals surface area contributed by atoms with Crippen molar-refractivity contribution in [3.8, 4) is 0 Å². The fourth-order valence-corrected chi connectivity index (χ4v) is 3.99. The summed E-state index contributed by atoms with van der Waals surface area (Å²) in [6.45, 7) is 2.09. The average molecular weight is 301 g/mol. The number of aromatic carboxylic acids is 1. The van der Waals surface area contributed by atoms with Gasteiger partial charge in [0, 0.05) is 5.41 Å². The SMILES string of the molecule is CCC1(C(=O)N[C@@H]2CCc3ccc(C(=O)O)cc32)CCCC1. The summed E-state index contributed by atoms with van der Waals surface area (Å²) in [7, 11) is 0. The Morgan fingerprint density at radius 1 is 1.32 bits per heavy atom. The molecule has 118 valence electrons. The Balaban J connectivity index is 1.80. The number of carboxylic acids is 1. The third-order valence-corrected chi connectivity index (χ3v) is 5.50. The van der Waals surface area contributed by atoms with Crippen molar-refractivity contribution < 1.29 is 14.7 Å². The second-order valence-corrected chi connectivity index (χ2v) is 6.62. The van der Waals surface area contributed by atoms with E-state index < -0.39 is 5.97 Å². The Morgan fingerprint density at radius 2 is 2.05 bits per heavy atom. The van der Waals surface area contributed by atoms with Gasteiger partial charge in [-0.25, -0.2) is 4.79 Å².